The molecule has 0 aliphatic carbocycles. The minimum absolute atomic E-state index is 0.0691. The zero-order valence-corrected chi connectivity index (χ0v) is 11.7. The molecule has 3 atom stereocenters. The quantitative estimate of drug-likeness (QED) is 0.868. The summed E-state index contributed by atoms with van der Waals surface area (Å²) in [6, 6.07) is 8.52. The molecule has 0 spiro atoms. The summed E-state index contributed by atoms with van der Waals surface area (Å²) in [5.74, 6) is 0. The van der Waals surface area contributed by atoms with E-state index in [0.717, 1.165) is 19.5 Å². The Kier molecular flexibility index (Phi) is 4.80. The zero-order chi connectivity index (χ0) is 13.8. The van der Waals surface area contributed by atoms with Gasteiger partial charge in [0.25, 0.3) is 0 Å². The van der Waals surface area contributed by atoms with Crippen LogP contribution in [0.5, 0.6) is 0 Å². The molecule has 1 aromatic carbocycles. The molecule has 1 aliphatic heterocycles. The SMILES string of the molecule is CC[C@H](N)c1ccc(N2CC(C)OC(CO)C2)cc1. The fraction of sp³-hybridized carbons (Fsp3) is 0.600. The third-order valence-electron chi connectivity index (χ3n) is 3.66. The summed E-state index contributed by atoms with van der Waals surface area (Å²) in [6.07, 6.45) is 0.991. The van der Waals surface area contributed by atoms with Crippen LogP contribution in [0.2, 0.25) is 0 Å². The van der Waals surface area contributed by atoms with Crippen molar-refractivity contribution in [2.75, 3.05) is 24.6 Å². The molecule has 0 amide bonds. The van der Waals surface area contributed by atoms with Crippen molar-refractivity contribution in [3.63, 3.8) is 0 Å². The molecule has 1 fully saturated rings. The second-order valence-electron chi connectivity index (χ2n) is 5.26. The molecule has 0 bridgehead atoms. The number of nitrogens with two attached hydrogens (primary N) is 1. The molecule has 4 nitrogen and oxygen atoms in total. The summed E-state index contributed by atoms with van der Waals surface area (Å²) in [7, 11) is 0. The van der Waals surface area contributed by atoms with Crippen LogP contribution in [0.15, 0.2) is 24.3 Å². The Labute approximate surface area is 115 Å². The summed E-state index contributed by atoms with van der Waals surface area (Å²) in [5.41, 5.74) is 8.36. The lowest BCUT2D eigenvalue weighted by Crippen LogP contribution is -2.48. The third kappa shape index (κ3) is 3.47. The predicted molar refractivity (Wildman–Crippen MR) is 77.3 cm³/mol. The van der Waals surface area contributed by atoms with Gasteiger partial charge >= 0.3 is 0 Å². The maximum atomic E-state index is 9.25. The van der Waals surface area contributed by atoms with Crippen LogP contribution in [0.3, 0.4) is 0 Å². The number of hydrogen-bond acceptors (Lipinski definition) is 4. The molecule has 19 heavy (non-hydrogen) atoms. The number of morpholine rings is 1. The predicted octanol–water partition coefficient (Wildman–Crippen LogP) is 1.68. The fourth-order valence-electron chi connectivity index (χ4n) is 2.52. The van der Waals surface area contributed by atoms with E-state index in [4.69, 9.17) is 10.5 Å². The zero-order valence-electron chi connectivity index (χ0n) is 11.7. The van der Waals surface area contributed by atoms with E-state index in [-0.39, 0.29) is 24.9 Å². The number of benzene rings is 1. The second-order valence-corrected chi connectivity index (χ2v) is 5.26. The average Bonchev–Trinajstić information content (AvgIpc) is 2.46. The Balaban J connectivity index is 2.08. The van der Waals surface area contributed by atoms with Crippen LogP contribution in [0.4, 0.5) is 5.69 Å². The van der Waals surface area contributed by atoms with E-state index in [1.54, 1.807) is 0 Å². The first kappa shape index (κ1) is 14.3. The lowest BCUT2D eigenvalue weighted by atomic mass is 10.0. The normalized spacial score (nSPS) is 25.4. The van der Waals surface area contributed by atoms with Crippen molar-refractivity contribution in [1.29, 1.82) is 0 Å². The van der Waals surface area contributed by atoms with Gasteiger partial charge in [-0.15, -0.1) is 0 Å². The molecule has 1 aliphatic rings. The van der Waals surface area contributed by atoms with Gasteiger partial charge in [-0.05, 0) is 31.0 Å². The number of aliphatic hydroxyl groups is 1. The number of nitrogens with zero attached hydrogens (tertiary/aromatic N) is 1. The van der Waals surface area contributed by atoms with Crippen LogP contribution in [0.25, 0.3) is 0 Å². The Morgan fingerprint density at radius 1 is 1.37 bits per heavy atom. The lowest BCUT2D eigenvalue weighted by Gasteiger charge is -2.37. The summed E-state index contributed by atoms with van der Waals surface area (Å²) in [4.78, 5) is 2.26. The van der Waals surface area contributed by atoms with Crippen LogP contribution in [-0.2, 0) is 4.74 Å². The standard InChI is InChI=1S/C15H24N2O2/c1-3-15(16)12-4-6-13(7-5-12)17-8-11(2)19-14(9-17)10-18/h4-7,11,14-15,18H,3,8-10,16H2,1-2H3/t11?,14?,15-/m0/s1. The first-order valence-electron chi connectivity index (χ1n) is 7.00. The van der Waals surface area contributed by atoms with Gasteiger partial charge in [0.2, 0.25) is 0 Å². The maximum absolute atomic E-state index is 9.25. The highest BCUT2D eigenvalue weighted by Crippen LogP contribution is 2.23. The topological polar surface area (TPSA) is 58.7 Å². The van der Waals surface area contributed by atoms with Gasteiger partial charge in [0, 0.05) is 24.8 Å². The molecule has 4 heteroatoms. The molecule has 1 heterocycles. The monoisotopic (exact) mass is 264 g/mol. The molecule has 2 rings (SSSR count). The van der Waals surface area contributed by atoms with Crippen molar-refractivity contribution < 1.29 is 9.84 Å². The van der Waals surface area contributed by atoms with Crippen molar-refractivity contribution >= 4 is 5.69 Å². The molecule has 3 N–H and O–H groups in total. The van der Waals surface area contributed by atoms with E-state index >= 15 is 0 Å². The molecule has 0 saturated carbocycles. The van der Waals surface area contributed by atoms with E-state index in [2.05, 4.69) is 36.1 Å². The lowest BCUT2D eigenvalue weighted by molar-refractivity contribution is -0.0421. The summed E-state index contributed by atoms with van der Waals surface area (Å²) >= 11 is 0. The van der Waals surface area contributed by atoms with E-state index in [1.165, 1.54) is 11.3 Å². The van der Waals surface area contributed by atoms with Crippen LogP contribution < -0.4 is 10.6 Å². The van der Waals surface area contributed by atoms with Gasteiger partial charge in [0.1, 0.15) is 0 Å². The second kappa shape index (κ2) is 6.37. The Morgan fingerprint density at radius 2 is 2.05 bits per heavy atom. The van der Waals surface area contributed by atoms with Gasteiger partial charge in [-0.2, -0.15) is 0 Å². The minimum atomic E-state index is -0.0960. The molecule has 106 valence electrons. The number of anilines is 1. The number of ether oxygens (including phenoxy) is 1. The molecular formula is C15H24N2O2. The largest absolute Gasteiger partial charge is 0.394 e. The molecule has 1 aromatic rings. The van der Waals surface area contributed by atoms with Crippen LogP contribution in [-0.4, -0.2) is 37.0 Å². The Bertz CT molecular complexity index is 394. The molecule has 0 aromatic heterocycles. The molecule has 1 saturated heterocycles. The summed E-state index contributed by atoms with van der Waals surface area (Å²) in [6.45, 7) is 5.79. The highest BCUT2D eigenvalue weighted by molar-refractivity contribution is 5.48. The maximum Gasteiger partial charge on any atom is 0.0984 e. The average molecular weight is 264 g/mol. The summed E-state index contributed by atoms with van der Waals surface area (Å²) < 4.78 is 5.65. The van der Waals surface area contributed by atoms with E-state index < -0.39 is 0 Å². The number of hydrogen-bond donors (Lipinski definition) is 2. The summed E-state index contributed by atoms with van der Waals surface area (Å²) in [5, 5.41) is 9.25. The van der Waals surface area contributed by atoms with E-state index in [1.807, 2.05) is 6.92 Å². The van der Waals surface area contributed by atoms with Crippen molar-refractivity contribution in [2.45, 2.75) is 38.5 Å². The van der Waals surface area contributed by atoms with Crippen LogP contribution >= 0.6 is 0 Å². The number of rotatable bonds is 4. The van der Waals surface area contributed by atoms with Crippen LogP contribution in [0, 0.1) is 0 Å². The highest BCUT2D eigenvalue weighted by Gasteiger charge is 2.24. The van der Waals surface area contributed by atoms with Gasteiger partial charge in [0.05, 0.1) is 18.8 Å². The smallest absolute Gasteiger partial charge is 0.0984 e. The first-order valence-corrected chi connectivity index (χ1v) is 7.00. The van der Waals surface area contributed by atoms with E-state index in [0.29, 0.717) is 0 Å². The van der Waals surface area contributed by atoms with Crippen molar-refractivity contribution in [3.05, 3.63) is 29.8 Å². The molecule has 2 unspecified atom stereocenters. The van der Waals surface area contributed by atoms with Gasteiger partial charge in [0.15, 0.2) is 0 Å². The van der Waals surface area contributed by atoms with Gasteiger partial charge < -0.3 is 20.5 Å². The Morgan fingerprint density at radius 3 is 2.63 bits per heavy atom. The van der Waals surface area contributed by atoms with E-state index in [9.17, 15) is 5.11 Å². The molecular weight excluding hydrogens is 240 g/mol. The number of aliphatic hydroxyl groups excluding tert-OH is 1. The van der Waals surface area contributed by atoms with Crippen molar-refractivity contribution in [1.82, 2.24) is 0 Å². The third-order valence-corrected chi connectivity index (χ3v) is 3.66. The highest BCUT2D eigenvalue weighted by atomic mass is 16.5. The fourth-order valence-corrected chi connectivity index (χ4v) is 2.52. The first-order chi connectivity index (χ1) is 9.13. The van der Waals surface area contributed by atoms with Gasteiger partial charge in [-0.1, -0.05) is 19.1 Å². The van der Waals surface area contributed by atoms with Crippen molar-refractivity contribution in [3.8, 4) is 0 Å². The Hall–Kier alpha value is -1.10. The molecule has 0 radical (unpaired) electrons. The van der Waals surface area contributed by atoms with Gasteiger partial charge in [-0.25, -0.2) is 0 Å². The van der Waals surface area contributed by atoms with Gasteiger partial charge in [-0.3, -0.25) is 0 Å². The van der Waals surface area contributed by atoms with Crippen LogP contribution in [0.1, 0.15) is 31.9 Å². The van der Waals surface area contributed by atoms with Crippen molar-refractivity contribution in [2.24, 2.45) is 5.73 Å². The minimum Gasteiger partial charge on any atom is -0.394 e.